The maximum absolute atomic E-state index is 12.5. The molecule has 0 spiro atoms. The quantitative estimate of drug-likeness (QED) is 0.842. The summed E-state index contributed by atoms with van der Waals surface area (Å²) in [6.07, 6.45) is 5.51. The van der Waals surface area contributed by atoms with Crippen LogP contribution in [0.1, 0.15) is 34.3 Å². The van der Waals surface area contributed by atoms with E-state index in [0.29, 0.717) is 22.7 Å². The molecular formula is C19H22N2O4S. The van der Waals surface area contributed by atoms with E-state index in [9.17, 15) is 13.2 Å². The fraction of sp³-hybridized carbons (Fsp3) is 0.316. The van der Waals surface area contributed by atoms with Gasteiger partial charge in [-0.05, 0) is 61.1 Å². The first-order valence-corrected chi connectivity index (χ1v) is 10.3. The Hall–Kier alpha value is -2.54. The van der Waals surface area contributed by atoms with Gasteiger partial charge in [-0.25, -0.2) is 8.42 Å². The van der Waals surface area contributed by atoms with Crippen molar-refractivity contribution in [2.75, 3.05) is 23.4 Å². The lowest BCUT2D eigenvalue weighted by Crippen LogP contribution is -2.14. The number of benzene rings is 2. The monoisotopic (exact) mass is 374 g/mol. The number of hydrogen-bond acceptors (Lipinski definition) is 4. The molecular weight excluding hydrogens is 352 g/mol. The summed E-state index contributed by atoms with van der Waals surface area (Å²) in [5, 5.41) is 2.83. The van der Waals surface area contributed by atoms with Gasteiger partial charge in [0.2, 0.25) is 10.0 Å². The fourth-order valence-electron chi connectivity index (χ4n) is 3.13. The first-order valence-electron chi connectivity index (χ1n) is 8.45. The summed E-state index contributed by atoms with van der Waals surface area (Å²) in [5.74, 6) is 0.128. The molecule has 6 nitrogen and oxygen atoms in total. The lowest BCUT2D eigenvalue weighted by atomic mass is 9.90. The molecule has 0 saturated carbocycles. The molecule has 0 bridgehead atoms. The number of nitrogens with one attached hydrogen (secondary N) is 2. The minimum Gasteiger partial charge on any atom is -0.494 e. The van der Waals surface area contributed by atoms with E-state index in [2.05, 4.69) is 10.0 Å². The summed E-state index contributed by atoms with van der Waals surface area (Å²) >= 11 is 0. The van der Waals surface area contributed by atoms with E-state index >= 15 is 0 Å². The molecule has 1 aliphatic rings. The molecule has 138 valence electrons. The van der Waals surface area contributed by atoms with Gasteiger partial charge in [0.15, 0.2) is 0 Å². The smallest absolute Gasteiger partial charge is 0.255 e. The van der Waals surface area contributed by atoms with Crippen LogP contribution in [0.25, 0.3) is 0 Å². The molecule has 0 aromatic heterocycles. The fourth-order valence-corrected chi connectivity index (χ4v) is 3.70. The molecule has 2 aromatic carbocycles. The van der Waals surface area contributed by atoms with Crippen LogP contribution in [-0.4, -0.2) is 27.7 Å². The van der Waals surface area contributed by atoms with Gasteiger partial charge in [0.05, 0.1) is 19.1 Å². The first kappa shape index (κ1) is 18.3. The second-order valence-electron chi connectivity index (χ2n) is 6.43. The van der Waals surface area contributed by atoms with Crippen LogP contribution in [0.15, 0.2) is 36.4 Å². The minimum atomic E-state index is -3.41. The standard InChI is InChI=1S/C19H22N2O4S/c1-25-18-12-16(9-10-17(18)21-26(2,23)24)20-19(22)15-8-7-13-5-3-4-6-14(13)11-15/h7-12,21H,3-6H2,1-2H3,(H,20,22). The van der Waals surface area contributed by atoms with Crippen molar-refractivity contribution in [3.05, 3.63) is 53.1 Å². The summed E-state index contributed by atoms with van der Waals surface area (Å²) in [7, 11) is -1.97. The summed E-state index contributed by atoms with van der Waals surface area (Å²) in [4.78, 5) is 12.5. The predicted molar refractivity (Wildman–Crippen MR) is 102 cm³/mol. The van der Waals surface area contributed by atoms with E-state index in [1.165, 1.54) is 24.7 Å². The van der Waals surface area contributed by atoms with E-state index < -0.39 is 10.0 Å². The zero-order valence-corrected chi connectivity index (χ0v) is 15.7. The Morgan fingerprint density at radius 2 is 1.77 bits per heavy atom. The zero-order chi connectivity index (χ0) is 18.7. The molecule has 0 heterocycles. The van der Waals surface area contributed by atoms with Gasteiger partial charge >= 0.3 is 0 Å². The van der Waals surface area contributed by atoms with Gasteiger partial charge < -0.3 is 10.1 Å². The number of amides is 1. The second kappa shape index (κ2) is 7.37. The van der Waals surface area contributed by atoms with Gasteiger partial charge in [-0.3, -0.25) is 9.52 Å². The van der Waals surface area contributed by atoms with Crippen LogP contribution < -0.4 is 14.8 Å². The first-order chi connectivity index (χ1) is 12.4. The van der Waals surface area contributed by atoms with Crippen molar-refractivity contribution in [2.24, 2.45) is 0 Å². The second-order valence-corrected chi connectivity index (χ2v) is 8.18. The molecule has 0 radical (unpaired) electrons. The van der Waals surface area contributed by atoms with E-state index in [-0.39, 0.29) is 5.91 Å². The average molecular weight is 374 g/mol. The Balaban J connectivity index is 1.79. The number of aryl methyl sites for hydroxylation is 2. The van der Waals surface area contributed by atoms with Crippen LogP contribution in [0.2, 0.25) is 0 Å². The number of hydrogen-bond donors (Lipinski definition) is 2. The highest BCUT2D eigenvalue weighted by Crippen LogP contribution is 2.29. The number of rotatable bonds is 5. The topological polar surface area (TPSA) is 84.5 Å². The van der Waals surface area contributed by atoms with Gasteiger partial charge in [0.25, 0.3) is 5.91 Å². The predicted octanol–water partition coefficient (Wildman–Crippen LogP) is 3.20. The average Bonchev–Trinajstić information content (AvgIpc) is 2.61. The molecule has 0 fully saturated rings. The molecule has 3 rings (SSSR count). The summed E-state index contributed by atoms with van der Waals surface area (Å²) in [6.45, 7) is 0. The number of carbonyl (C=O) groups excluding carboxylic acids is 1. The van der Waals surface area contributed by atoms with Crippen molar-refractivity contribution in [1.29, 1.82) is 0 Å². The van der Waals surface area contributed by atoms with E-state index in [4.69, 9.17) is 4.74 Å². The minimum absolute atomic E-state index is 0.204. The molecule has 0 atom stereocenters. The normalized spacial score (nSPS) is 13.6. The highest BCUT2D eigenvalue weighted by Gasteiger charge is 2.14. The molecule has 1 aliphatic carbocycles. The van der Waals surface area contributed by atoms with Crippen molar-refractivity contribution in [3.8, 4) is 5.75 Å². The lowest BCUT2D eigenvalue weighted by Gasteiger charge is -2.16. The molecule has 7 heteroatoms. The van der Waals surface area contributed by atoms with Crippen LogP contribution in [0.3, 0.4) is 0 Å². The Morgan fingerprint density at radius 1 is 1.04 bits per heavy atom. The van der Waals surface area contributed by atoms with Gasteiger partial charge in [0.1, 0.15) is 5.75 Å². The van der Waals surface area contributed by atoms with Crippen molar-refractivity contribution in [2.45, 2.75) is 25.7 Å². The Kier molecular flexibility index (Phi) is 5.18. The maximum Gasteiger partial charge on any atom is 0.255 e. The Labute approximate surface area is 153 Å². The summed E-state index contributed by atoms with van der Waals surface area (Å²) < 4.78 is 30.4. The van der Waals surface area contributed by atoms with Crippen molar-refractivity contribution >= 4 is 27.3 Å². The van der Waals surface area contributed by atoms with Crippen molar-refractivity contribution in [1.82, 2.24) is 0 Å². The third-order valence-electron chi connectivity index (χ3n) is 4.37. The molecule has 0 unspecified atom stereocenters. The SMILES string of the molecule is COc1cc(NC(=O)c2ccc3c(c2)CCCC3)ccc1NS(C)(=O)=O. The van der Waals surface area contributed by atoms with E-state index in [1.54, 1.807) is 18.2 Å². The highest BCUT2D eigenvalue weighted by molar-refractivity contribution is 7.92. The van der Waals surface area contributed by atoms with E-state index in [1.807, 2.05) is 18.2 Å². The van der Waals surface area contributed by atoms with Crippen molar-refractivity contribution < 1.29 is 17.9 Å². The van der Waals surface area contributed by atoms with Crippen LogP contribution in [-0.2, 0) is 22.9 Å². The molecule has 0 aliphatic heterocycles. The van der Waals surface area contributed by atoms with E-state index in [0.717, 1.165) is 25.5 Å². The summed E-state index contributed by atoms with van der Waals surface area (Å²) in [6, 6.07) is 10.6. The van der Waals surface area contributed by atoms with Crippen molar-refractivity contribution in [3.63, 3.8) is 0 Å². The number of sulfonamides is 1. The van der Waals surface area contributed by atoms with Crippen LogP contribution >= 0.6 is 0 Å². The molecule has 0 saturated heterocycles. The van der Waals surface area contributed by atoms with Crippen LogP contribution in [0.5, 0.6) is 5.75 Å². The molecule has 1 amide bonds. The Morgan fingerprint density at radius 3 is 2.46 bits per heavy atom. The molecule has 26 heavy (non-hydrogen) atoms. The number of anilines is 2. The highest BCUT2D eigenvalue weighted by atomic mass is 32.2. The van der Waals surface area contributed by atoms with Gasteiger partial charge in [-0.1, -0.05) is 6.07 Å². The third kappa shape index (κ3) is 4.35. The van der Waals surface area contributed by atoms with Gasteiger partial charge in [0, 0.05) is 17.3 Å². The number of carbonyl (C=O) groups is 1. The maximum atomic E-state index is 12.5. The lowest BCUT2D eigenvalue weighted by molar-refractivity contribution is 0.102. The van der Waals surface area contributed by atoms with Crippen LogP contribution in [0.4, 0.5) is 11.4 Å². The Bertz CT molecular complexity index is 939. The van der Waals surface area contributed by atoms with Gasteiger partial charge in [-0.15, -0.1) is 0 Å². The summed E-state index contributed by atoms with van der Waals surface area (Å²) in [5.41, 5.74) is 4.04. The molecule has 2 N–H and O–H groups in total. The molecule has 2 aromatic rings. The number of ether oxygens (including phenoxy) is 1. The third-order valence-corrected chi connectivity index (χ3v) is 4.96. The number of fused-ring (bicyclic) bond motifs is 1. The zero-order valence-electron chi connectivity index (χ0n) is 14.8. The van der Waals surface area contributed by atoms with Gasteiger partial charge in [-0.2, -0.15) is 0 Å². The van der Waals surface area contributed by atoms with Crippen LogP contribution in [0, 0.1) is 0 Å². The largest absolute Gasteiger partial charge is 0.494 e. The number of methoxy groups -OCH3 is 1.